The van der Waals surface area contributed by atoms with E-state index in [1.54, 1.807) is 0 Å². The maximum Gasteiger partial charge on any atom is 0.0187 e. The van der Waals surface area contributed by atoms with E-state index in [0.29, 0.717) is 0 Å². The minimum Gasteiger partial charge on any atom is -0.362 e. The molecule has 23 heavy (non-hydrogen) atoms. The fourth-order valence-electron chi connectivity index (χ4n) is 2.50. The highest BCUT2D eigenvalue weighted by molar-refractivity contribution is 5.50. The van der Waals surface area contributed by atoms with E-state index in [0.717, 1.165) is 12.8 Å². The minimum absolute atomic E-state index is 0.928. The summed E-state index contributed by atoms with van der Waals surface area (Å²) in [5, 5.41) is 0. The van der Waals surface area contributed by atoms with Crippen molar-refractivity contribution in [3.63, 3.8) is 0 Å². The Morgan fingerprint density at radius 2 is 1.00 bits per heavy atom. The summed E-state index contributed by atoms with van der Waals surface area (Å²) in [5.41, 5.74) is 4.98. The van der Waals surface area contributed by atoms with Gasteiger partial charge in [-0.3, -0.25) is 0 Å². The first-order chi connectivity index (χ1) is 11.4. The Balaban J connectivity index is 1.52. The van der Waals surface area contributed by atoms with E-state index < -0.39 is 0 Å². The smallest absolute Gasteiger partial charge is 0.0187 e. The summed E-state index contributed by atoms with van der Waals surface area (Å²) in [6.45, 7) is 0. The molecule has 2 aromatic carbocycles. The van der Waals surface area contributed by atoms with Crippen molar-refractivity contribution in [2.45, 2.75) is 12.8 Å². The van der Waals surface area contributed by atoms with Crippen LogP contribution in [-0.2, 0) is 12.8 Å². The molecule has 0 aliphatic heterocycles. The molecule has 0 saturated heterocycles. The van der Waals surface area contributed by atoms with Gasteiger partial charge in [0.05, 0.1) is 0 Å². The number of H-pyrrole nitrogens is 1. The van der Waals surface area contributed by atoms with E-state index in [4.69, 9.17) is 0 Å². The van der Waals surface area contributed by atoms with Crippen molar-refractivity contribution in [2.75, 3.05) is 0 Å². The molecule has 1 aromatic heterocycles. The van der Waals surface area contributed by atoms with Crippen LogP contribution < -0.4 is 0 Å². The van der Waals surface area contributed by atoms with E-state index in [9.17, 15) is 0 Å². The second kappa shape index (κ2) is 8.00. The van der Waals surface area contributed by atoms with Gasteiger partial charge in [-0.25, -0.2) is 0 Å². The lowest BCUT2D eigenvalue weighted by Crippen LogP contribution is -1.84. The van der Waals surface area contributed by atoms with Crippen molar-refractivity contribution in [1.82, 2.24) is 4.98 Å². The number of hydrogen-bond donors (Lipinski definition) is 1. The fraction of sp³-hybridized carbons (Fsp3) is 0.0909. The lowest BCUT2D eigenvalue weighted by atomic mass is 10.2. The number of aromatic nitrogens is 1. The van der Waals surface area contributed by atoms with Gasteiger partial charge >= 0.3 is 0 Å². The first-order valence-corrected chi connectivity index (χ1v) is 8.00. The Morgan fingerprint density at radius 3 is 1.43 bits per heavy atom. The molecule has 3 rings (SSSR count). The van der Waals surface area contributed by atoms with Gasteiger partial charge in [-0.15, -0.1) is 0 Å². The van der Waals surface area contributed by atoms with Crippen molar-refractivity contribution in [2.24, 2.45) is 0 Å². The van der Waals surface area contributed by atoms with Crippen LogP contribution in [0.25, 0.3) is 12.2 Å². The van der Waals surface area contributed by atoms with Crippen LogP contribution >= 0.6 is 0 Å². The second-order valence-corrected chi connectivity index (χ2v) is 5.54. The van der Waals surface area contributed by atoms with Gasteiger partial charge in [0.25, 0.3) is 0 Å². The average molecular weight is 299 g/mol. The zero-order chi connectivity index (χ0) is 15.7. The molecule has 0 aliphatic rings. The minimum atomic E-state index is 0.928. The van der Waals surface area contributed by atoms with Gasteiger partial charge in [0, 0.05) is 24.2 Å². The van der Waals surface area contributed by atoms with Gasteiger partial charge in [0.15, 0.2) is 0 Å². The predicted molar refractivity (Wildman–Crippen MR) is 99.2 cm³/mol. The molecule has 0 saturated carbocycles. The van der Waals surface area contributed by atoms with Crippen LogP contribution in [0.1, 0.15) is 22.5 Å². The Kier molecular flexibility index (Phi) is 5.25. The molecule has 1 nitrogen and oxygen atoms in total. The summed E-state index contributed by atoms with van der Waals surface area (Å²) >= 11 is 0. The van der Waals surface area contributed by atoms with Gasteiger partial charge in [-0.05, 0) is 23.3 Å². The number of nitrogens with one attached hydrogen (secondary N) is 1. The molecule has 0 radical (unpaired) electrons. The number of hydrogen-bond acceptors (Lipinski definition) is 0. The molecule has 0 aliphatic carbocycles. The largest absolute Gasteiger partial charge is 0.362 e. The van der Waals surface area contributed by atoms with Crippen molar-refractivity contribution in [1.29, 1.82) is 0 Å². The topological polar surface area (TPSA) is 15.8 Å². The molecule has 1 heteroatoms. The fourth-order valence-corrected chi connectivity index (χ4v) is 2.50. The molecule has 0 bridgehead atoms. The average Bonchev–Trinajstić information content (AvgIpc) is 3.05. The van der Waals surface area contributed by atoms with Crippen LogP contribution in [0.5, 0.6) is 0 Å². The zero-order valence-electron chi connectivity index (χ0n) is 13.2. The summed E-state index contributed by atoms with van der Waals surface area (Å²) < 4.78 is 0. The van der Waals surface area contributed by atoms with Gasteiger partial charge in [-0.1, -0.05) is 85.0 Å². The third kappa shape index (κ3) is 4.86. The van der Waals surface area contributed by atoms with Crippen LogP contribution in [0.2, 0.25) is 0 Å². The molecule has 0 atom stereocenters. The molecule has 0 fully saturated rings. The Bertz CT molecular complexity index is 698. The maximum atomic E-state index is 3.48. The first-order valence-electron chi connectivity index (χ1n) is 8.00. The molecule has 114 valence electrons. The number of benzene rings is 2. The molecule has 0 spiro atoms. The maximum absolute atomic E-state index is 3.48. The standard InChI is InChI=1S/C22H21N/c1-3-9-19(10-4-1)13-7-15-21-17-18-22(23-21)16-8-14-20-11-5-2-6-12-20/h1-14,17-18,23H,15-16H2/b13-7+,14-8+. The number of aromatic amines is 1. The van der Waals surface area contributed by atoms with Crippen LogP contribution in [0, 0.1) is 0 Å². The number of allylic oxidation sites excluding steroid dienone is 2. The van der Waals surface area contributed by atoms with Gasteiger partial charge in [0.2, 0.25) is 0 Å². The highest BCUT2D eigenvalue weighted by Gasteiger charge is 1.95. The SMILES string of the molecule is C(=C\c1ccccc1)/Cc1ccc(C/C=C/c2ccccc2)[nH]1. The normalized spacial score (nSPS) is 11.5. The van der Waals surface area contributed by atoms with Crippen molar-refractivity contribution in [3.8, 4) is 0 Å². The van der Waals surface area contributed by atoms with Crippen LogP contribution in [0.3, 0.4) is 0 Å². The Morgan fingerprint density at radius 1 is 0.565 bits per heavy atom. The zero-order valence-corrected chi connectivity index (χ0v) is 13.2. The lowest BCUT2D eigenvalue weighted by molar-refractivity contribution is 1.08. The molecular weight excluding hydrogens is 278 g/mol. The lowest BCUT2D eigenvalue weighted by Gasteiger charge is -1.94. The number of rotatable bonds is 6. The van der Waals surface area contributed by atoms with Gasteiger partial charge < -0.3 is 4.98 Å². The van der Waals surface area contributed by atoms with Crippen molar-refractivity contribution in [3.05, 3.63) is 107 Å². The Hall–Kier alpha value is -2.80. The van der Waals surface area contributed by atoms with Crippen LogP contribution in [-0.4, -0.2) is 4.98 Å². The molecule has 1 N–H and O–H groups in total. The van der Waals surface area contributed by atoms with Crippen LogP contribution in [0.4, 0.5) is 0 Å². The molecule has 1 heterocycles. The third-order valence-electron chi connectivity index (χ3n) is 3.70. The van der Waals surface area contributed by atoms with E-state index in [-0.39, 0.29) is 0 Å². The summed E-state index contributed by atoms with van der Waals surface area (Å²) in [4.78, 5) is 3.48. The second-order valence-electron chi connectivity index (χ2n) is 5.54. The summed E-state index contributed by atoms with van der Waals surface area (Å²) in [5.74, 6) is 0. The van der Waals surface area contributed by atoms with E-state index in [1.807, 2.05) is 12.1 Å². The van der Waals surface area contributed by atoms with Gasteiger partial charge in [0.1, 0.15) is 0 Å². The third-order valence-corrected chi connectivity index (χ3v) is 3.70. The molecule has 3 aromatic rings. The van der Waals surface area contributed by atoms with Crippen molar-refractivity contribution < 1.29 is 0 Å². The molecule has 0 amide bonds. The highest BCUT2D eigenvalue weighted by Crippen LogP contribution is 2.08. The highest BCUT2D eigenvalue weighted by atomic mass is 14.7. The monoisotopic (exact) mass is 299 g/mol. The quantitative estimate of drug-likeness (QED) is 0.616. The van der Waals surface area contributed by atoms with Gasteiger partial charge in [-0.2, -0.15) is 0 Å². The van der Waals surface area contributed by atoms with E-state index in [2.05, 4.69) is 90.0 Å². The summed E-state index contributed by atoms with van der Waals surface area (Å²) in [6.07, 6.45) is 10.6. The first kappa shape index (κ1) is 15.1. The molecular formula is C22H21N. The van der Waals surface area contributed by atoms with E-state index >= 15 is 0 Å². The Labute approximate surface area is 138 Å². The molecule has 0 unspecified atom stereocenters. The van der Waals surface area contributed by atoms with Crippen molar-refractivity contribution >= 4 is 12.2 Å². The summed E-state index contributed by atoms with van der Waals surface area (Å²) in [6, 6.07) is 25.1. The predicted octanol–water partition coefficient (Wildman–Crippen LogP) is 5.53. The van der Waals surface area contributed by atoms with Crippen LogP contribution in [0.15, 0.2) is 84.9 Å². The summed E-state index contributed by atoms with van der Waals surface area (Å²) in [7, 11) is 0. The van der Waals surface area contributed by atoms with E-state index in [1.165, 1.54) is 22.5 Å².